The molecule has 0 amide bonds. The molecular formula is C25H25FNO4-. The number of carboxylic acids is 1. The summed E-state index contributed by atoms with van der Waals surface area (Å²) in [6, 6.07) is 12.1. The maximum Gasteiger partial charge on any atom is 0.158 e. The van der Waals surface area contributed by atoms with Crippen LogP contribution in [-0.2, 0) is 9.59 Å². The molecule has 162 valence electrons. The highest BCUT2D eigenvalue weighted by atomic mass is 19.1. The fourth-order valence-corrected chi connectivity index (χ4v) is 3.80. The minimum absolute atomic E-state index is 0.247. The number of hydrogen-bond donors (Lipinski definition) is 2. The van der Waals surface area contributed by atoms with Gasteiger partial charge in [-0.1, -0.05) is 38.1 Å². The minimum Gasteiger partial charge on any atom is -0.550 e. The number of H-pyrrole nitrogens is 1. The summed E-state index contributed by atoms with van der Waals surface area (Å²) in [6.45, 7) is 5.47. The second kappa shape index (κ2) is 8.86. The predicted molar refractivity (Wildman–Crippen MR) is 117 cm³/mol. The number of halogens is 1. The van der Waals surface area contributed by atoms with Crippen molar-refractivity contribution in [2.24, 2.45) is 0 Å². The Kier molecular flexibility index (Phi) is 6.41. The van der Waals surface area contributed by atoms with Crippen molar-refractivity contribution < 1.29 is 24.2 Å². The van der Waals surface area contributed by atoms with Crippen LogP contribution in [0.1, 0.15) is 50.8 Å². The summed E-state index contributed by atoms with van der Waals surface area (Å²) in [5, 5.41) is 21.9. The molecule has 1 heterocycles. The van der Waals surface area contributed by atoms with E-state index in [1.54, 1.807) is 18.2 Å². The average Bonchev–Trinajstić information content (AvgIpc) is 3.04. The standard InChI is InChI=1S/C25H26FNO4/c1-15(2)19-5-4-6-20-24(19)23(16-7-9-17(26)10-8-16)21(27-20)12-11-18(28)13-25(3,31)14-22(29)30/h4-12,15,27,31H,13-14H2,1-3H3,(H,29,30)/p-1/b12-11+. The van der Waals surface area contributed by atoms with Crippen LogP contribution < -0.4 is 5.11 Å². The van der Waals surface area contributed by atoms with Crippen molar-refractivity contribution >= 4 is 28.7 Å². The Hall–Kier alpha value is -3.25. The van der Waals surface area contributed by atoms with Gasteiger partial charge in [0.1, 0.15) is 5.82 Å². The van der Waals surface area contributed by atoms with Gasteiger partial charge >= 0.3 is 0 Å². The number of carbonyl (C=O) groups is 2. The number of carboxylic acid groups (broad SMARTS) is 1. The van der Waals surface area contributed by atoms with Gasteiger partial charge in [-0.3, -0.25) is 4.79 Å². The molecule has 0 fully saturated rings. The minimum atomic E-state index is -1.69. The van der Waals surface area contributed by atoms with E-state index in [0.717, 1.165) is 27.6 Å². The number of nitrogens with one attached hydrogen (secondary N) is 1. The Balaban J connectivity index is 2.06. The highest BCUT2D eigenvalue weighted by Gasteiger charge is 2.24. The van der Waals surface area contributed by atoms with Gasteiger partial charge in [0, 0.05) is 41.0 Å². The molecule has 5 nitrogen and oxygen atoms in total. The zero-order valence-corrected chi connectivity index (χ0v) is 17.7. The number of hydrogen-bond acceptors (Lipinski definition) is 4. The van der Waals surface area contributed by atoms with Crippen LogP contribution in [-0.4, -0.2) is 27.4 Å². The monoisotopic (exact) mass is 422 g/mol. The van der Waals surface area contributed by atoms with E-state index in [1.807, 2.05) is 18.2 Å². The summed E-state index contributed by atoms with van der Waals surface area (Å²) in [7, 11) is 0. The van der Waals surface area contributed by atoms with Gasteiger partial charge in [-0.25, -0.2) is 4.39 Å². The van der Waals surface area contributed by atoms with Gasteiger partial charge in [0.15, 0.2) is 5.78 Å². The number of ketones is 1. The molecule has 2 N–H and O–H groups in total. The Morgan fingerprint density at radius 2 is 1.84 bits per heavy atom. The van der Waals surface area contributed by atoms with Crippen molar-refractivity contribution in [1.82, 2.24) is 4.98 Å². The number of aliphatic carboxylic acids is 1. The highest BCUT2D eigenvalue weighted by molar-refractivity contribution is 6.04. The molecule has 31 heavy (non-hydrogen) atoms. The zero-order chi connectivity index (χ0) is 22.8. The van der Waals surface area contributed by atoms with Gasteiger partial charge < -0.3 is 20.0 Å². The number of aromatic amines is 1. The molecule has 0 radical (unpaired) electrons. The van der Waals surface area contributed by atoms with Crippen molar-refractivity contribution in [3.63, 3.8) is 0 Å². The lowest BCUT2D eigenvalue weighted by Crippen LogP contribution is -2.36. The number of carbonyl (C=O) groups excluding carboxylic acids is 2. The molecule has 1 atom stereocenters. The molecule has 0 aliphatic rings. The number of fused-ring (bicyclic) bond motifs is 1. The van der Waals surface area contributed by atoms with Crippen LogP contribution in [0.25, 0.3) is 28.1 Å². The fraction of sp³-hybridized carbons (Fsp3) is 0.280. The summed E-state index contributed by atoms with van der Waals surface area (Å²) >= 11 is 0. The lowest BCUT2D eigenvalue weighted by atomic mass is 9.92. The third-order valence-electron chi connectivity index (χ3n) is 5.16. The van der Waals surface area contributed by atoms with E-state index in [4.69, 9.17) is 0 Å². The van der Waals surface area contributed by atoms with Crippen molar-refractivity contribution in [1.29, 1.82) is 0 Å². The summed E-state index contributed by atoms with van der Waals surface area (Å²) in [5.74, 6) is -1.93. The van der Waals surface area contributed by atoms with Crippen molar-refractivity contribution in [3.8, 4) is 11.1 Å². The van der Waals surface area contributed by atoms with Crippen LogP contribution in [0.5, 0.6) is 0 Å². The first-order valence-corrected chi connectivity index (χ1v) is 10.1. The Labute approximate surface area is 180 Å². The van der Waals surface area contributed by atoms with Gasteiger partial charge in [0.25, 0.3) is 0 Å². The first kappa shape index (κ1) is 22.4. The second-order valence-corrected chi connectivity index (χ2v) is 8.37. The average molecular weight is 422 g/mol. The van der Waals surface area contributed by atoms with Crippen LogP contribution in [0.2, 0.25) is 0 Å². The number of benzene rings is 2. The van der Waals surface area contributed by atoms with Gasteiger partial charge in [-0.15, -0.1) is 0 Å². The molecule has 6 heteroatoms. The number of rotatable bonds is 8. The van der Waals surface area contributed by atoms with E-state index in [1.165, 1.54) is 25.1 Å². The van der Waals surface area contributed by atoms with Gasteiger partial charge in [0.05, 0.1) is 5.60 Å². The maximum absolute atomic E-state index is 13.5. The van der Waals surface area contributed by atoms with E-state index >= 15 is 0 Å². The summed E-state index contributed by atoms with van der Waals surface area (Å²) in [5.41, 5.74) is 2.65. The molecule has 0 saturated carbocycles. The van der Waals surface area contributed by atoms with E-state index in [0.29, 0.717) is 5.69 Å². The van der Waals surface area contributed by atoms with Gasteiger partial charge in [-0.2, -0.15) is 0 Å². The van der Waals surface area contributed by atoms with Crippen molar-refractivity contribution in [2.45, 2.75) is 45.1 Å². The normalized spacial score (nSPS) is 13.7. The summed E-state index contributed by atoms with van der Waals surface area (Å²) < 4.78 is 13.5. The Morgan fingerprint density at radius 3 is 2.45 bits per heavy atom. The molecule has 3 rings (SSSR count). The molecule has 0 aliphatic carbocycles. The first-order chi connectivity index (χ1) is 14.6. The summed E-state index contributed by atoms with van der Waals surface area (Å²) in [4.78, 5) is 26.5. The number of aliphatic hydroxyl groups is 1. The van der Waals surface area contributed by atoms with Gasteiger partial charge in [0.2, 0.25) is 0 Å². The molecule has 1 aromatic heterocycles. The predicted octanol–water partition coefficient (Wildman–Crippen LogP) is 3.96. The zero-order valence-electron chi connectivity index (χ0n) is 17.7. The molecule has 3 aromatic rings. The lowest BCUT2D eigenvalue weighted by molar-refractivity contribution is -0.309. The molecule has 0 saturated heterocycles. The van der Waals surface area contributed by atoms with Crippen LogP contribution in [0.4, 0.5) is 4.39 Å². The Morgan fingerprint density at radius 1 is 1.16 bits per heavy atom. The second-order valence-electron chi connectivity index (χ2n) is 8.37. The first-order valence-electron chi connectivity index (χ1n) is 10.1. The Bertz CT molecular complexity index is 1140. The third kappa shape index (κ3) is 5.27. The quantitative estimate of drug-likeness (QED) is 0.538. The smallest absolute Gasteiger partial charge is 0.158 e. The van der Waals surface area contributed by atoms with Crippen LogP contribution in [0.15, 0.2) is 48.5 Å². The van der Waals surface area contributed by atoms with Crippen LogP contribution in [0.3, 0.4) is 0 Å². The van der Waals surface area contributed by atoms with Crippen LogP contribution >= 0.6 is 0 Å². The third-order valence-corrected chi connectivity index (χ3v) is 5.16. The van der Waals surface area contributed by atoms with E-state index in [-0.39, 0.29) is 18.2 Å². The molecule has 0 aliphatic heterocycles. The number of allylic oxidation sites excluding steroid dienone is 1. The number of aromatic nitrogens is 1. The topological polar surface area (TPSA) is 93.2 Å². The fourth-order valence-electron chi connectivity index (χ4n) is 3.80. The molecular weight excluding hydrogens is 397 g/mol. The van der Waals surface area contributed by atoms with E-state index in [2.05, 4.69) is 18.8 Å². The molecule has 1 unspecified atom stereocenters. The van der Waals surface area contributed by atoms with E-state index in [9.17, 15) is 24.2 Å². The lowest BCUT2D eigenvalue weighted by Gasteiger charge is -2.21. The molecule has 2 aromatic carbocycles. The van der Waals surface area contributed by atoms with Crippen molar-refractivity contribution in [3.05, 3.63) is 65.6 Å². The van der Waals surface area contributed by atoms with Crippen molar-refractivity contribution in [2.75, 3.05) is 0 Å². The SMILES string of the molecule is CC(C)c1cccc2[nH]c(/C=C/C(=O)CC(C)(O)CC(=O)[O-])c(-c3ccc(F)cc3)c12. The largest absolute Gasteiger partial charge is 0.550 e. The maximum atomic E-state index is 13.5. The highest BCUT2D eigenvalue weighted by Crippen LogP contribution is 2.38. The van der Waals surface area contributed by atoms with Gasteiger partial charge in [-0.05, 0) is 54.3 Å². The van der Waals surface area contributed by atoms with Crippen LogP contribution in [0, 0.1) is 5.82 Å². The molecule has 0 bridgehead atoms. The summed E-state index contributed by atoms with van der Waals surface area (Å²) in [6.07, 6.45) is 1.95. The van der Waals surface area contributed by atoms with E-state index < -0.39 is 23.8 Å². The molecule has 0 spiro atoms.